The van der Waals surface area contributed by atoms with Crippen molar-refractivity contribution in [3.05, 3.63) is 101 Å². The van der Waals surface area contributed by atoms with E-state index in [4.69, 9.17) is 0 Å². The number of rotatable bonds is 8. The zero-order chi connectivity index (χ0) is 27.8. The van der Waals surface area contributed by atoms with Gasteiger partial charge in [-0.25, -0.2) is 0 Å². The highest BCUT2D eigenvalue weighted by atomic mass is 16.6. The van der Waals surface area contributed by atoms with Crippen LogP contribution in [0.3, 0.4) is 0 Å². The monoisotopic (exact) mass is 534 g/mol. The molecule has 16 nitrogen and oxygen atoms in total. The average molecular weight is 534 g/mol. The maximum Gasteiger partial charge on any atom is 0.301 e. The Morgan fingerprint density at radius 1 is 0.641 bits per heavy atom. The van der Waals surface area contributed by atoms with Crippen LogP contribution in [0.4, 0.5) is 34.1 Å². The van der Waals surface area contributed by atoms with Gasteiger partial charge in [-0.05, 0) is 42.5 Å². The summed E-state index contributed by atoms with van der Waals surface area (Å²) in [7, 11) is 0. The van der Waals surface area contributed by atoms with E-state index >= 15 is 0 Å². The van der Waals surface area contributed by atoms with Gasteiger partial charge in [-0.3, -0.25) is 51.3 Å². The highest BCUT2D eigenvalue weighted by molar-refractivity contribution is 6.13. The van der Waals surface area contributed by atoms with Crippen LogP contribution < -0.4 is 10.9 Å². The molecule has 0 heterocycles. The van der Waals surface area contributed by atoms with Crippen LogP contribution in [0.2, 0.25) is 0 Å². The van der Waals surface area contributed by atoms with Crippen molar-refractivity contribution < 1.29 is 19.7 Å². The molecule has 3 aliphatic carbocycles. The predicted molar refractivity (Wildman–Crippen MR) is 138 cm³/mol. The largest absolute Gasteiger partial charge is 0.301 e. The van der Waals surface area contributed by atoms with Crippen LogP contribution in [0, 0.1) is 64.1 Å². The number of allylic oxidation sites excluding steroid dienone is 4. The molecule has 39 heavy (non-hydrogen) atoms. The molecule has 0 aliphatic heterocycles. The zero-order valence-electron chi connectivity index (χ0n) is 19.7. The molecule has 2 bridgehead atoms. The van der Waals surface area contributed by atoms with E-state index in [0.29, 0.717) is 11.4 Å². The molecule has 198 valence electrons. The van der Waals surface area contributed by atoms with Gasteiger partial charge in [0.05, 0.1) is 43.2 Å². The van der Waals surface area contributed by atoms with Crippen LogP contribution >= 0.6 is 0 Å². The minimum Gasteiger partial charge on any atom is -0.271 e. The zero-order valence-corrected chi connectivity index (χ0v) is 19.7. The number of nitrogens with zero attached hydrogens (tertiary/aromatic N) is 6. The third-order valence-electron chi connectivity index (χ3n) is 6.96. The maximum atomic E-state index is 11.5. The standard InChI is InChI=1S/C23H18N8O8/c32-28(33)14-3-5-16(20(10-14)30(36)37)24-26-18-7-8-19(23-13-2-1-12(9-13)22(18)23)27-25-17-6-4-15(29(34)35)11-21(17)31(38)39/h1-8,10-13,22-25H,9H2/b26-18-,27-19-/t12-,13-,22-,23-/m0/s1. The van der Waals surface area contributed by atoms with Crippen LogP contribution in [0.15, 0.2) is 70.9 Å². The lowest BCUT2D eigenvalue weighted by atomic mass is 9.74. The Bertz CT molecular complexity index is 1440. The van der Waals surface area contributed by atoms with Crippen molar-refractivity contribution in [2.45, 2.75) is 6.42 Å². The quantitative estimate of drug-likeness (QED) is 0.273. The normalized spacial score (nSPS) is 24.5. The van der Waals surface area contributed by atoms with Gasteiger partial charge in [0.2, 0.25) is 0 Å². The molecule has 1 fully saturated rings. The molecule has 2 N–H and O–H groups in total. The highest BCUT2D eigenvalue weighted by Crippen LogP contribution is 2.51. The van der Waals surface area contributed by atoms with Crippen LogP contribution in [0.25, 0.3) is 0 Å². The second-order valence-electron chi connectivity index (χ2n) is 9.06. The molecule has 0 amide bonds. The minimum atomic E-state index is -0.733. The summed E-state index contributed by atoms with van der Waals surface area (Å²) < 4.78 is 0. The first-order valence-electron chi connectivity index (χ1n) is 11.5. The van der Waals surface area contributed by atoms with E-state index in [1.165, 1.54) is 12.1 Å². The van der Waals surface area contributed by atoms with Gasteiger partial charge in [-0.2, -0.15) is 10.2 Å². The van der Waals surface area contributed by atoms with Gasteiger partial charge >= 0.3 is 11.4 Å². The fraction of sp³-hybridized carbons (Fsp3) is 0.217. The lowest BCUT2D eigenvalue weighted by Crippen LogP contribution is -2.36. The first kappa shape index (κ1) is 25.1. The second kappa shape index (κ2) is 9.73. The summed E-state index contributed by atoms with van der Waals surface area (Å²) in [6.45, 7) is 0. The summed E-state index contributed by atoms with van der Waals surface area (Å²) >= 11 is 0. The van der Waals surface area contributed by atoms with Gasteiger partial charge in [0.15, 0.2) is 0 Å². The number of hydrogen-bond donors (Lipinski definition) is 2. The molecule has 1 saturated carbocycles. The van der Waals surface area contributed by atoms with Crippen LogP contribution in [-0.2, 0) is 0 Å². The molecule has 5 rings (SSSR count). The van der Waals surface area contributed by atoms with Crippen LogP contribution in [-0.4, -0.2) is 31.1 Å². The Kier molecular flexibility index (Phi) is 6.27. The molecular weight excluding hydrogens is 516 g/mol. The minimum absolute atomic E-state index is 0.00615. The fourth-order valence-corrected chi connectivity index (χ4v) is 5.25. The Labute approximate surface area is 218 Å². The summed E-state index contributed by atoms with van der Waals surface area (Å²) in [4.78, 5) is 42.0. The number of non-ortho nitro benzene ring substituents is 2. The Hall–Kier alpha value is -5.54. The molecule has 0 radical (unpaired) electrons. The summed E-state index contributed by atoms with van der Waals surface area (Å²) in [6.07, 6.45) is 8.34. The van der Waals surface area contributed by atoms with E-state index in [-0.39, 0.29) is 35.0 Å². The molecule has 0 spiro atoms. The summed E-state index contributed by atoms with van der Waals surface area (Å²) in [5, 5.41) is 53.7. The molecule has 0 aromatic heterocycles. The Morgan fingerprint density at radius 3 is 1.41 bits per heavy atom. The number of hydrazone groups is 2. The highest BCUT2D eigenvalue weighted by Gasteiger charge is 2.49. The topological polar surface area (TPSA) is 221 Å². The predicted octanol–water partition coefficient (Wildman–Crippen LogP) is 4.56. The number of anilines is 2. The number of nitro benzene ring substituents is 4. The van der Waals surface area contributed by atoms with Gasteiger partial charge in [-0.1, -0.05) is 12.2 Å². The summed E-state index contributed by atoms with van der Waals surface area (Å²) in [6, 6.07) is 6.44. The molecule has 4 atom stereocenters. The summed E-state index contributed by atoms with van der Waals surface area (Å²) in [5.74, 6) is -0.0310. The smallest absolute Gasteiger partial charge is 0.271 e. The van der Waals surface area contributed by atoms with E-state index in [2.05, 4.69) is 33.2 Å². The van der Waals surface area contributed by atoms with Gasteiger partial charge in [0.25, 0.3) is 11.4 Å². The van der Waals surface area contributed by atoms with Crippen LogP contribution in [0.5, 0.6) is 0 Å². The van der Waals surface area contributed by atoms with Gasteiger partial charge in [0, 0.05) is 24.0 Å². The molecule has 0 unspecified atom stereocenters. The number of hydrogen-bond acceptors (Lipinski definition) is 12. The van der Waals surface area contributed by atoms with Gasteiger partial charge in [-0.15, -0.1) is 0 Å². The molecule has 2 aromatic carbocycles. The third-order valence-corrected chi connectivity index (χ3v) is 6.96. The van der Waals surface area contributed by atoms with Crippen molar-refractivity contribution in [1.29, 1.82) is 0 Å². The first-order chi connectivity index (χ1) is 18.6. The number of nitro groups is 4. The SMILES string of the molecule is O=[N+]([O-])c1ccc(N/N=C2C=C/C(=N/Nc3ccc([N+](=O)[O-])cc3[N+](=O)[O-])[C@H]3[C@H]/2[C@H]2C=C[C@H]3C2)c([N+](=O)[O-])c1. The van der Waals surface area contributed by atoms with Crippen molar-refractivity contribution in [2.75, 3.05) is 10.9 Å². The Balaban J connectivity index is 1.44. The number of benzene rings is 2. The second-order valence-corrected chi connectivity index (χ2v) is 9.06. The maximum absolute atomic E-state index is 11.5. The van der Waals surface area contributed by atoms with E-state index in [9.17, 15) is 40.5 Å². The number of nitrogens with one attached hydrogen (secondary N) is 2. The lowest BCUT2D eigenvalue weighted by Gasteiger charge is -2.31. The average Bonchev–Trinajstić information content (AvgIpc) is 3.53. The van der Waals surface area contributed by atoms with Crippen molar-refractivity contribution in [2.24, 2.45) is 33.9 Å². The van der Waals surface area contributed by atoms with Gasteiger partial charge < -0.3 is 0 Å². The molecule has 0 saturated heterocycles. The molecule has 3 aliphatic rings. The van der Waals surface area contributed by atoms with Crippen LogP contribution in [0.1, 0.15) is 6.42 Å². The molecule has 16 heteroatoms. The molecule has 2 aromatic rings. The Morgan fingerprint density at radius 2 is 1.05 bits per heavy atom. The van der Waals surface area contributed by atoms with Crippen molar-refractivity contribution in [3.63, 3.8) is 0 Å². The van der Waals surface area contributed by atoms with Crippen molar-refractivity contribution in [3.8, 4) is 0 Å². The fourth-order valence-electron chi connectivity index (χ4n) is 5.25. The van der Waals surface area contributed by atoms with E-state index in [1.807, 2.05) is 0 Å². The number of fused-ring (bicyclic) bond motifs is 5. The lowest BCUT2D eigenvalue weighted by molar-refractivity contribution is -0.393. The third kappa shape index (κ3) is 4.65. The van der Waals surface area contributed by atoms with E-state index in [1.54, 1.807) is 12.2 Å². The van der Waals surface area contributed by atoms with Crippen molar-refractivity contribution in [1.82, 2.24) is 0 Å². The summed E-state index contributed by atoms with van der Waals surface area (Å²) in [5.41, 5.74) is 4.71. The van der Waals surface area contributed by atoms with Crippen molar-refractivity contribution >= 4 is 45.5 Å². The van der Waals surface area contributed by atoms with Gasteiger partial charge in [0.1, 0.15) is 11.4 Å². The first-order valence-corrected chi connectivity index (χ1v) is 11.5. The van der Waals surface area contributed by atoms with E-state index < -0.39 is 42.4 Å². The molecular formula is C23H18N8O8. The van der Waals surface area contributed by atoms with E-state index in [0.717, 1.165) is 30.7 Å².